The average Bonchev–Trinajstić information content (AvgIpc) is 3.12. The molecule has 1 saturated heterocycles. The number of ketones is 1. The highest BCUT2D eigenvalue weighted by Crippen LogP contribution is 2.39. The van der Waals surface area contributed by atoms with E-state index in [0.717, 1.165) is 31.0 Å². The van der Waals surface area contributed by atoms with E-state index in [4.69, 9.17) is 0 Å². The lowest BCUT2D eigenvalue weighted by Crippen LogP contribution is -2.52. The minimum atomic E-state index is -1.05. The quantitative estimate of drug-likeness (QED) is 0.253. The fourth-order valence-electron chi connectivity index (χ4n) is 4.57. The van der Waals surface area contributed by atoms with Crippen LogP contribution in [-0.4, -0.2) is 49.9 Å². The van der Waals surface area contributed by atoms with Gasteiger partial charge in [0.2, 0.25) is 0 Å². The number of amides is 3. The summed E-state index contributed by atoms with van der Waals surface area (Å²) in [6.07, 6.45) is 2.42. The number of carbonyl (C=O) groups is 4. The third-order valence-corrected chi connectivity index (χ3v) is 6.32. The number of fused-ring (bicyclic) bond motifs is 1. The highest BCUT2D eigenvalue weighted by atomic mass is 16.6. The van der Waals surface area contributed by atoms with Crippen molar-refractivity contribution >= 4 is 34.9 Å². The molecule has 2 aliphatic rings. The van der Waals surface area contributed by atoms with Crippen LogP contribution in [0.25, 0.3) is 0 Å². The molecule has 1 aliphatic carbocycles. The predicted molar refractivity (Wildman–Crippen MR) is 119 cm³/mol. The first-order valence-corrected chi connectivity index (χ1v) is 10.9. The van der Waals surface area contributed by atoms with Gasteiger partial charge in [0.05, 0.1) is 21.7 Å². The number of para-hydroxylation sites is 1. The van der Waals surface area contributed by atoms with E-state index in [2.05, 4.69) is 0 Å². The molecular weight excluding hydrogens is 460 g/mol. The minimum absolute atomic E-state index is 0.00692. The Morgan fingerprint density at radius 3 is 2.00 bits per heavy atom. The van der Waals surface area contributed by atoms with Crippen molar-refractivity contribution in [3.63, 3.8) is 0 Å². The molecule has 0 unspecified atom stereocenters. The molecule has 2 atom stereocenters. The first-order valence-electron chi connectivity index (χ1n) is 10.9. The molecule has 0 bridgehead atoms. The van der Waals surface area contributed by atoms with Crippen LogP contribution >= 0.6 is 0 Å². The lowest BCUT2D eigenvalue weighted by atomic mass is 9.81. The number of nitrogens with zero attached hydrogens (tertiary/aromatic N) is 4. The molecule has 12 heteroatoms. The predicted octanol–water partition coefficient (Wildman–Crippen LogP) is 2.92. The second-order valence-corrected chi connectivity index (χ2v) is 8.35. The number of non-ortho nitro benzene ring substituents is 1. The molecule has 35 heavy (non-hydrogen) atoms. The van der Waals surface area contributed by atoms with E-state index in [-0.39, 0.29) is 16.8 Å². The van der Waals surface area contributed by atoms with Crippen LogP contribution in [0.15, 0.2) is 48.5 Å². The third-order valence-electron chi connectivity index (χ3n) is 6.32. The van der Waals surface area contributed by atoms with Gasteiger partial charge in [-0.1, -0.05) is 25.0 Å². The minimum Gasteiger partial charge on any atom is -0.292 e. The van der Waals surface area contributed by atoms with Crippen LogP contribution in [-0.2, 0) is 9.59 Å². The summed E-state index contributed by atoms with van der Waals surface area (Å²) in [6.45, 7) is -0.764. The second kappa shape index (κ2) is 9.41. The molecular formula is C23H20N4O8. The lowest BCUT2D eigenvalue weighted by Gasteiger charge is -2.30. The maximum Gasteiger partial charge on any atom is 0.282 e. The fraction of sp³-hybridized carbons (Fsp3) is 0.304. The smallest absolute Gasteiger partial charge is 0.282 e. The largest absolute Gasteiger partial charge is 0.292 e. The molecule has 0 aromatic heterocycles. The van der Waals surface area contributed by atoms with Gasteiger partial charge in [0, 0.05) is 23.8 Å². The number of benzene rings is 2. The summed E-state index contributed by atoms with van der Waals surface area (Å²) in [4.78, 5) is 73.9. The van der Waals surface area contributed by atoms with Crippen LogP contribution < -0.4 is 0 Å². The third kappa shape index (κ3) is 4.37. The van der Waals surface area contributed by atoms with Crippen LogP contribution in [0.4, 0.5) is 11.4 Å². The van der Waals surface area contributed by atoms with Gasteiger partial charge in [0.1, 0.15) is 12.1 Å². The zero-order chi connectivity index (χ0) is 25.3. The molecule has 0 radical (unpaired) electrons. The Bertz CT molecular complexity index is 1220. The van der Waals surface area contributed by atoms with E-state index in [1.807, 2.05) is 0 Å². The number of carbonyl (C=O) groups excluding carboxylic acids is 4. The van der Waals surface area contributed by atoms with Crippen LogP contribution in [0, 0.1) is 32.1 Å². The molecule has 4 rings (SSSR count). The standard InChI is InChI=1S/C23H20N4O8/c28-20(14-9-11-15(12-10-14)26(32)33)13-24(21(29)18-7-3-4-8-19(18)27(34)35)25-22(30)16-5-1-2-6-17(16)23(25)31/h3-4,7-12,16-17H,1-2,5-6,13H2/t16-,17+. The summed E-state index contributed by atoms with van der Waals surface area (Å²) >= 11 is 0. The van der Waals surface area contributed by atoms with Crippen molar-refractivity contribution in [3.05, 3.63) is 79.9 Å². The topological polar surface area (TPSA) is 161 Å². The number of nitro benzene ring substituents is 2. The van der Waals surface area contributed by atoms with Crippen molar-refractivity contribution in [2.24, 2.45) is 11.8 Å². The Labute approximate surface area is 198 Å². The molecule has 1 aliphatic heterocycles. The Balaban J connectivity index is 1.72. The van der Waals surface area contributed by atoms with Crippen molar-refractivity contribution in [2.75, 3.05) is 6.54 Å². The SMILES string of the molecule is O=C(CN(C(=O)c1ccccc1[N+](=O)[O-])N1C(=O)[C@H]2CCCC[C@H]2C1=O)c1ccc([N+](=O)[O-])cc1. The van der Waals surface area contributed by atoms with Gasteiger partial charge >= 0.3 is 0 Å². The van der Waals surface area contributed by atoms with E-state index in [9.17, 15) is 39.4 Å². The van der Waals surface area contributed by atoms with Crippen molar-refractivity contribution in [1.82, 2.24) is 10.0 Å². The molecule has 0 spiro atoms. The number of hydrogen-bond acceptors (Lipinski definition) is 8. The van der Waals surface area contributed by atoms with Crippen molar-refractivity contribution < 1.29 is 29.0 Å². The number of Topliss-reactive ketones (excluding diaryl/α,β-unsaturated/α-hetero) is 1. The highest BCUT2D eigenvalue weighted by Gasteiger charge is 2.52. The van der Waals surface area contributed by atoms with Gasteiger partial charge in [-0.25, -0.2) is 5.01 Å². The van der Waals surface area contributed by atoms with Gasteiger partial charge in [0.15, 0.2) is 5.78 Å². The Hall–Kier alpha value is -4.48. The summed E-state index contributed by atoms with van der Waals surface area (Å²) in [6, 6.07) is 9.66. The molecule has 2 aromatic rings. The van der Waals surface area contributed by atoms with Crippen LogP contribution in [0.5, 0.6) is 0 Å². The Morgan fingerprint density at radius 1 is 0.886 bits per heavy atom. The normalized spacial score (nSPS) is 19.3. The van der Waals surface area contributed by atoms with Gasteiger partial charge in [-0.05, 0) is 31.0 Å². The Kier molecular flexibility index (Phi) is 6.36. The fourth-order valence-corrected chi connectivity index (χ4v) is 4.57. The molecule has 2 fully saturated rings. The summed E-state index contributed by atoms with van der Waals surface area (Å²) in [5, 5.41) is 23.7. The lowest BCUT2D eigenvalue weighted by molar-refractivity contribution is -0.385. The number of rotatable bonds is 7. The zero-order valence-electron chi connectivity index (χ0n) is 18.4. The van der Waals surface area contributed by atoms with Gasteiger partial charge in [-0.3, -0.25) is 39.4 Å². The molecule has 3 amide bonds. The summed E-state index contributed by atoms with van der Waals surface area (Å²) in [5.41, 5.74) is -1.16. The van der Waals surface area contributed by atoms with Gasteiger partial charge < -0.3 is 0 Å². The molecule has 180 valence electrons. The number of hydrazine groups is 1. The van der Waals surface area contributed by atoms with E-state index in [0.29, 0.717) is 22.9 Å². The molecule has 0 N–H and O–H groups in total. The first kappa shape index (κ1) is 23.7. The average molecular weight is 480 g/mol. The van der Waals surface area contributed by atoms with Crippen molar-refractivity contribution in [3.8, 4) is 0 Å². The molecule has 1 heterocycles. The summed E-state index contributed by atoms with van der Waals surface area (Å²) in [7, 11) is 0. The highest BCUT2D eigenvalue weighted by molar-refractivity contribution is 6.10. The summed E-state index contributed by atoms with van der Waals surface area (Å²) in [5.74, 6) is -4.24. The molecule has 2 aromatic carbocycles. The van der Waals surface area contributed by atoms with Crippen molar-refractivity contribution in [1.29, 1.82) is 0 Å². The maximum absolute atomic E-state index is 13.5. The van der Waals surface area contributed by atoms with Crippen LogP contribution in [0.3, 0.4) is 0 Å². The Morgan fingerprint density at radius 2 is 1.46 bits per heavy atom. The van der Waals surface area contributed by atoms with E-state index < -0.39 is 57.4 Å². The van der Waals surface area contributed by atoms with Crippen LogP contribution in [0.1, 0.15) is 46.4 Å². The maximum atomic E-state index is 13.5. The van der Waals surface area contributed by atoms with E-state index in [1.165, 1.54) is 30.3 Å². The number of imide groups is 1. The van der Waals surface area contributed by atoms with E-state index in [1.54, 1.807) is 0 Å². The van der Waals surface area contributed by atoms with E-state index >= 15 is 0 Å². The molecule has 12 nitrogen and oxygen atoms in total. The monoisotopic (exact) mass is 480 g/mol. The van der Waals surface area contributed by atoms with Gasteiger partial charge in [-0.2, -0.15) is 5.01 Å². The van der Waals surface area contributed by atoms with Gasteiger partial charge in [-0.15, -0.1) is 0 Å². The zero-order valence-corrected chi connectivity index (χ0v) is 18.4. The van der Waals surface area contributed by atoms with Crippen LogP contribution in [0.2, 0.25) is 0 Å². The number of hydrogen-bond donors (Lipinski definition) is 0. The van der Waals surface area contributed by atoms with Gasteiger partial charge in [0.25, 0.3) is 29.1 Å². The second-order valence-electron chi connectivity index (χ2n) is 8.35. The number of nitro groups is 2. The first-order chi connectivity index (χ1) is 16.7. The summed E-state index contributed by atoms with van der Waals surface area (Å²) < 4.78 is 0. The molecule has 1 saturated carbocycles. The van der Waals surface area contributed by atoms with Crippen molar-refractivity contribution in [2.45, 2.75) is 25.7 Å².